The average Bonchev–Trinajstić information content (AvgIpc) is 3.51. The second-order valence-electron chi connectivity index (χ2n) is 10.2. The largest absolute Gasteiger partial charge is 0.416 e. The Bertz CT molecular complexity index is 1540. The van der Waals surface area contributed by atoms with Crippen molar-refractivity contribution in [3.8, 4) is 16.9 Å². The Balaban J connectivity index is 1.39. The van der Waals surface area contributed by atoms with Gasteiger partial charge in [-0.15, -0.1) is 5.10 Å². The van der Waals surface area contributed by atoms with Gasteiger partial charge in [-0.1, -0.05) is 11.3 Å². The first-order valence-corrected chi connectivity index (χ1v) is 12.9. The van der Waals surface area contributed by atoms with E-state index in [1.807, 2.05) is 25.8 Å². The molecule has 4 aromatic rings. The van der Waals surface area contributed by atoms with E-state index in [4.69, 9.17) is 0 Å². The molecule has 1 saturated heterocycles. The van der Waals surface area contributed by atoms with E-state index in [1.165, 1.54) is 0 Å². The van der Waals surface area contributed by atoms with Crippen molar-refractivity contribution in [3.63, 3.8) is 0 Å². The van der Waals surface area contributed by atoms with Crippen LogP contribution in [0.4, 0.5) is 18.9 Å². The fourth-order valence-corrected chi connectivity index (χ4v) is 4.81. The maximum Gasteiger partial charge on any atom is 0.416 e. The summed E-state index contributed by atoms with van der Waals surface area (Å²) in [5.74, 6) is -0.545. The summed E-state index contributed by atoms with van der Waals surface area (Å²) in [5, 5.41) is 25.1. The van der Waals surface area contributed by atoms with Crippen molar-refractivity contribution in [2.24, 2.45) is 7.05 Å². The van der Waals surface area contributed by atoms with Gasteiger partial charge in [0.1, 0.15) is 5.69 Å². The Hall–Kier alpha value is -4.03. The molecule has 0 saturated carbocycles. The molecular weight excluding hydrogens is 523 g/mol. The minimum absolute atomic E-state index is 0.0593. The lowest BCUT2D eigenvalue weighted by Gasteiger charge is -2.29. The summed E-state index contributed by atoms with van der Waals surface area (Å²) in [6, 6.07) is 8.61. The van der Waals surface area contributed by atoms with Crippen LogP contribution in [0.2, 0.25) is 0 Å². The van der Waals surface area contributed by atoms with E-state index in [1.54, 1.807) is 46.0 Å². The molecule has 0 atom stereocenters. The Morgan fingerprint density at radius 1 is 1.12 bits per heavy atom. The van der Waals surface area contributed by atoms with Crippen LogP contribution >= 0.6 is 0 Å². The topological polar surface area (TPSA) is 101 Å². The number of carbonyl (C=O) groups excluding carboxylic acids is 1. The third kappa shape index (κ3) is 5.92. The number of nitrogens with one attached hydrogen (secondary N) is 1. The summed E-state index contributed by atoms with van der Waals surface area (Å²) in [7, 11) is 1.84. The fraction of sp³-hybridized carbons (Fsp3) is 0.357. The summed E-state index contributed by atoms with van der Waals surface area (Å²) in [6.07, 6.45) is -0.343. The van der Waals surface area contributed by atoms with Gasteiger partial charge in [-0.05, 0) is 68.1 Å². The molecule has 2 aromatic carbocycles. The summed E-state index contributed by atoms with van der Waals surface area (Å²) < 4.78 is 44.4. The Morgan fingerprint density at radius 2 is 1.88 bits per heavy atom. The van der Waals surface area contributed by atoms with Gasteiger partial charge in [0.25, 0.3) is 5.91 Å². The molecule has 0 aliphatic carbocycles. The number of hydrogen-bond donors (Lipinski definition) is 2. The van der Waals surface area contributed by atoms with Crippen LogP contribution in [0.25, 0.3) is 16.9 Å². The van der Waals surface area contributed by atoms with Gasteiger partial charge in [0.15, 0.2) is 0 Å². The predicted molar refractivity (Wildman–Crippen MR) is 143 cm³/mol. The smallest absolute Gasteiger partial charge is 0.393 e. The number of aromatic nitrogens is 5. The molecule has 0 spiro atoms. The van der Waals surface area contributed by atoms with Crippen molar-refractivity contribution >= 4 is 11.6 Å². The summed E-state index contributed by atoms with van der Waals surface area (Å²) in [5.41, 5.74) is 3.77. The number of alkyl halides is 3. The molecule has 0 radical (unpaired) electrons. The van der Waals surface area contributed by atoms with E-state index in [9.17, 15) is 23.1 Å². The second-order valence-corrected chi connectivity index (χ2v) is 10.2. The molecule has 1 fully saturated rings. The van der Waals surface area contributed by atoms with Crippen LogP contribution in [0.1, 0.15) is 45.6 Å². The first-order valence-electron chi connectivity index (χ1n) is 12.9. The van der Waals surface area contributed by atoms with Gasteiger partial charge in [0.05, 0.1) is 29.7 Å². The number of benzene rings is 2. The molecule has 210 valence electrons. The van der Waals surface area contributed by atoms with Gasteiger partial charge in [-0.2, -0.15) is 18.3 Å². The number of aliphatic hydroxyl groups is 1. The number of nitrogens with zero attached hydrogens (tertiary/aromatic N) is 6. The van der Waals surface area contributed by atoms with E-state index in [2.05, 4.69) is 20.7 Å². The first kappa shape index (κ1) is 27.5. The molecular formula is C28H30F3N7O2. The molecule has 2 aromatic heterocycles. The van der Waals surface area contributed by atoms with E-state index in [0.29, 0.717) is 49.4 Å². The number of rotatable bonds is 6. The van der Waals surface area contributed by atoms with Crippen molar-refractivity contribution in [1.82, 2.24) is 29.7 Å². The van der Waals surface area contributed by atoms with Crippen LogP contribution in [-0.4, -0.2) is 59.9 Å². The van der Waals surface area contributed by atoms with Crippen LogP contribution in [0.15, 0.2) is 48.8 Å². The quantitative estimate of drug-likeness (QED) is 0.364. The lowest BCUT2D eigenvalue weighted by Crippen LogP contribution is -2.35. The zero-order chi connectivity index (χ0) is 28.6. The van der Waals surface area contributed by atoms with Crippen molar-refractivity contribution < 1.29 is 23.1 Å². The molecule has 12 heteroatoms. The van der Waals surface area contributed by atoms with Crippen molar-refractivity contribution in [1.29, 1.82) is 0 Å². The molecule has 1 aliphatic heterocycles. The van der Waals surface area contributed by atoms with Gasteiger partial charge in [-0.25, -0.2) is 4.68 Å². The number of carbonyl (C=O) groups is 1. The van der Waals surface area contributed by atoms with E-state index in [-0.39, 0.29) is 17.4 Å². The maximum atomic E-state index is 13.7. The van der Waals surface area contributed by atoms with Crippen molar-refractivity contribution in [2.45, 2.75) is 45.5 Å². The SMILES string of the molecule is Cc1ccc(C(=O)Nc2cc(CN3CCC(O)CC3)cc(C(F)(F)F)c2)cc1-n1cc(-c2cnn(C)c2C)nn1. The molecule has 1 amide bonds. The van der Waals surface area contributed by atoms with E-state index in [0.717, 1.165) is 29.0 Å². The molecule has 40 heavy (non-hydrogen) atoms. The second kappa shape index (κ2) is 10.9. The zero-order valence-corrected chi connectivity index (χ0v) is 22.4. The number of hydrogen-bond acceptors (Lipinski definition) is 6. The minimum Gasteiger partial charge on any atom is -0.393 e. The number of likely N-dealkylation sites (tertiary alicyclic amines) is 1. The molecule has 1 aliphatic rings. The molecule has 9 nitrogen and oxygen atoms in total. The van der Waals surface area contributed by atoms with Crippen LogP contribution in [0.5, 0.6) is 0 Å². The highest BCUT2D eigenvalue weighted by Crippen LogP contribution is 2.33. The maximum absolute atomic E-state index is 13.7. The average molecular weight is 554 g/mol. The van der Waals surface area contributed by atoms with Gasteiger partial charge >= 0.3 is 6.18 Å². The first-order chi connectivity index (χ1) is 19.0. The minimum atomic E-state index is -4.57. The number of aryl methyl sites for hydroxylation is 2. The van der Waals surface area contributed by atoms with E-state index < -0.39 is 17.6 Å². The number of anilines is 1. The van der Waals surface area contributed by atoms with Gasteiger partial charge in [-0.3, -0.25) is 14.4 Å². The number of amides is 1. The number of halogens is 3. The molecule has 3 heterocycles. The number of aliphatic hydroxyl groups excluding tert-OH is 1. The molecule has 5 rings (SSSR count). The van der Waals surface area contributed by atoms with Gasteiger partial charge in [0, 0.05) is 49.2 Å². The van der Waals surface area contributed by atoms with Crippen LogP contribution in [0.3, 0.4) is 0 Å². The standard InChI is InChI=1S/C28H30F3N7O2/c1-17-4-5-20(12-26(17)38-16-25(34-35-38)24-14-32-36(3)18(24)2)27(40)33-22-11-19(10-21(13-22)28(29,30)31)15-37-8-6-23(39)7-9-37/h4-5,10-14,16,23,39H,6-9,15H2,1-3H3,(H,33,40). The highest BCUT2D eigenvalue weighted by atomic mass is 19.4. The fourth-order valence-electron chi connectivity index (χ4n) is 4.81. The molecule has 0 unspecified atom stereocenters. The highest BCUT2D eigenvalue weighted by molar-refractivity contribution is 6.04. The molecule has 2 N–H and O–H groups in total. The zero-order valence-electron chi connectivity index (χ0n) is 22.4. The summed E-state index contributed by atoms with van der Waals surface area (Å²) in [4.78, 5) is 15.2. The molecule has 0 bridgehead atoms. The number of piperidine rings is 1. The monoisotopic (exact) mass is 553 g/mol. The predicted octanol–water partition coefficient (Wildman–Crippen LogP) is 4.51. The normalized spacial score (nSPS) is 15.0. The Kier molecular flexibility index (Phi) is 7.47. The van der Waals surface area contributed by atoms with Crippen LogP contribution in [-0.2, 0) is 19.8 Å². The van der Waals surface area contributed by atoms with Gasteiger partial charge in [0.2, 0.25) is 0 Å². The van der Waals surface area contributed by atoms with Crippen molar-refractivity contribution in [2.75, 3.05) is 18.4 Å². The third-order valence-corrected chi connectivity index (χ3v) is 7.26. The summed E-state index contributed by atoms with van der Waals surface area (Å²) in [6.45, 7) is 5.27. The van der Waals surface area contributed by atoms with Crippen molar-refractivity contribution in [3.05, 3.63) is 76.7 Å². The Labute approximate surface area is 229 Å². The van der Waals surface area contributed by atoms with Crippen LogP contribution in [0, 0.1) is 13.8 Å². The lowest BCUT2D eigenvalue weighted by molar-refractivity contribution is -0.137. The van der Waals surface area contributed by atoms with Gasteiger partial charge < -0.3 is 10.4 Å². The van der Waals surface area contributed by atoms with Crippen LogP contribution < -0.4 is 5.32 Å². The third-order valence-electron chi connectivity index (χ3n) is 7.26. The Morgan fingerprint density at radius 3 is 2.55 bits per heavy atom. The lowest BCUT2D eigenvalue weighted by atomic mass is 10.0. The summed E-state index contributed by atoms with van der Waals surface area (Å²) >= 11 is 0. The highest BCUT2D eigenvalue weighted by Gasteiger charge is 2.32. The van der Waals surface area contributed by atoms with E-state index >= 15 is 0 Å².